The summed E-state index contributed by atoms with van der Waals surface area (Å²) in [5.74, 6) is -0.722. The van der Waals surface area contributed by atoms with E-state index in [1.807, 2.05) is 0 Å². The summed E-state index contributed by atoms with van der Waals surface area (Å²) in [7, 11) is -3.89. The molecule has 2 rings (SSSR count). The van der Waals surface area contributed by atoms with E-state index in [0.29, 0.717) is 0 Å². The maximum Gasteiger partial charge on any atom is 0.253 e. The molecule has 5 atom stereocenters. The normalized spacial score (nSPS) is 30.8. The molecule has 134 valence electrons. The largest absolute Gasteiger partial charge is 0.394 e. The molecular weight excluding hydrogens is 344 g/mol. The molecular formula is C13H18N2O8S. The van der Waals surface area contributed by atoms with Gasteiger partial charge in [0.15, 0.2) is 6.23 Å². The van der Waals surface area contributed by atoms with Gasteiger partial charge in [-0.2, -0.15) is 0 Å². The maximum absolute atomic E-state index is 12.1. The van der Waals surface area contributed by atoms with Crippen LogP contribution in [-0.2, 0) is 14.8 Å². The number of amides is 1. The van der Waals surface area contributed by atoms with Crippen LogP contribution in [0.1, 0.15) is 10.4 Å². The Morgan fingerprint density at radius 2 is 1.71 bits per heavy atom. The Morgan fingerprint density at radius 1 is 1.12 bits per heavy atom. The first-order valence-corrected chi connectivity index (χ1v) is 8.44. The predicted molar refractivity (Wildman–Crippen MR) is 79.0 cm³/mol. The maximum atomic E-state index is 12.1. The van der Waals surface area contributed by atoms with Gasteiger partial charge in [-0.1, -0.05) is 0 Å². The van der Waals surface area contributed by atoms with Crippen LogP contribution in [0, 0.1) is 0 Å². The van der Waals surface area contributed by atoms with Gasteiger partial charge in [0.1, 0.15) is 24.4 Å². The summed E-state index contributed by atoms with van der Waals surface area (Å²) in [6, 6.07) is 4.69. The first kappa shape index (κ1) is 18.7. The minimum atomic E-state index is -3.89. The molecule has 1 amide bonds. The molecule has 0 radical (unpaired) electrons. The molecule has 1 aromatic carbocycles. The Kier molecular flexibility index (Phi) is 5.55. The SMILES string of the molecule is NS(=O)(=O)c1ccc(C(=O)N[C@@H]2O[C@H](CO)[C@@H](O)[C@H](O)[C@H]2O)cc1. The van der Waals surface area contributed by atoms with Crippen LogP contribution >= 0.6 is 0 Å². The summed E-state index contributed by atoms with van der Waals surface area (Å²) in [4.78, 5) is 11.9. The molecule has 1 heterocycles. The van der Waals surface area contributed by atoms with E-state index in [1.54, 1.807) is 0 Å². The van der Waals surface area contributed by atoms with E-state index >= 15 is 0 Å². The third kappa shape index (κ3) is 3.89. The van der Waals surface area contributed by atoms with Gasteiger partial charge in [-0.25, -0.2) is 13.6 Å². The minimum absolute atomic E-state index is 0.0550. The molecule has 0 aliphatic carbocycles. The van der Waals surface area contributed by atoms with Crippen LogP contribution < -0.4 is 10.5 Å². The van der Waals surface area contributed by atoms with Gasteiger partial charge in [-0.05, 0) is 24.3 Å². The van der Waals surface area contributed by atoms with Crippen molar-refractivity contribution >= 4 is 15.9 Å². The summed E-state index contributed by atoms with van der Waals surface area (Å²) < 4.78 is 27.5. The quantitative estimate of drug-likeness (QED) is 0.325. The molecule has 0 aromatic heterocycles. The van der Waals surface area contributed by atoms with Gasteiger partial charge < -0.3 is 30.5 Å². The van der Waals surface area contributed by atoms with Crippen molar-refractivity contribution in [1.82, 2.24) is 5.32 Å². The second-order valence-corrected chi connectivity index (χ2v) is 6.85. The van der Waals surface area contributed by atoms with Crippen molar-refractivity contribution in [3.8, 4) is 0 Å². The molecule has 1 aliphatic rings. The second-order valence-electron chi connectivity index (χ2n) is 5.29. The fourth-order valence-electron chi connectivity index (χ4n) is 2.23. The molecule has 0 spiro atoms. The summed E-state index contributed by atoms with van der Waals surface area (Å²) in [6.45, 7) is -0.625. The lowest BCUT2D eigenvalue weighted by Crippen LogP contribution is -2.63. The average Bonchev–Trinajstić information content (AvgIpc) is 2.54. The standard InChI is InChI=1S/C13H18N2O8S/c14-24(21,22)7-3-1-6(2-4-7)12(20)15-13-11(19)10(18)9(17)8(5-16)23-13/h1-4,8-11,13,16-19H,5H2,(H,15,20)(H2,14,21,22)/t8-,9-,10+,11-,13-/m1/s1. The third-order valence-corrected chi connectivity index (χ3v) is 4.54. The average molecular weight is 362 g/mol. The van der Waals surface area contributed by atoms with E-state index < -0.39 is 53.2 Å². The number of nitrogens with one attached hydrogen (secondary N) is 1. The Balaban J connectivity index is 2.11. The molecule has 1 fully saturated rings. The summed E-state index contributed by atoms with van der Waals surface area (Å²) in [5.41, 5.74) is 0.0550. The summed E-state index contributed by atoms with van der Waals surface area (Å²) in [5, 5.41) is 45.5. The number of sulfonamides is 1. The molecule has 1 aliphatic heterocycles. The van der Waals surface area contributed by atoms with E-state index in [4.69, 9.17) is 15.0 Å². The molecule has 0 saturated carbocycles. The highest BCUT2D eigenvalue weighted by molar-refractivity contribution is 7.89. The zero-order valence-corrected chi connectivity index (χ0v) is 13.1. The van der Waals surface area contributed by atoms with Crippen molar-refractivity contribution in [3.05, 3.63) is 29.8 Å². The fraction of sp³-hybridized carbons (Fsp3) is 0.462. The van der Waals surface area contributed by atoms with Gasteiger partial charge in [0.2, 0.25) is 10.0 Å². The number of primary sulfonamides is 1. The van der Waals surface area contributed by atoms with Crippen LogP contribution in [0.3, 0.4) is 0 Å². The molecule has 0 bridgehead atoms. The van der Waals surface area contributed by atoms with Crippen LogP contribution in [0.15, 0.2) is 29.2 Å². The number of aliphatic hydroxyl groups excluding tert-OH is 4. The lowest BCUT2D eigenvalue weighted by atomic mass is 9.98. The van der Waals surface area contributed by atoms with Gasteiger partial charge in [-0.3, -0.25) is 4.79 Å². The Bertz CT molecular complexity index is 690. The Labute approximate surface area is 137 Å². The second kappa shape index (κ2) is 7.11. The van der Waals surface area contributed by atoms with E-state index in [9.17, 15) is 28.5 Å². The number of benzene rings is 1. The molecule has 1 aromatic rings. The number of nitrogens with two attached hydrogens (primary N) is 1. The highest BCUT2D eigenvalue weighted by atomic mass is 32.2. The first-order chi connectivity index (χ1) is 11.1. The lowest BCUT2D eigenvalue weighted by molar-refractivity contribution is -0.233. The number of ether oxygens (including phenoxy) is 1. The van der Waals surface area contributed by atoms with Gasteiger partial charge in [0, 0.05) is 5.56 Å². The van der Waals surface area contributed by atoms with Gasteiger partial charge >= 0.3 is 0 Å². The lowest BCUT2D eigenvalue weighted by Gasteiger charge is -2.40. The van der Waals surface area contributed by atoms with Crippen LogP contribution in [0.5, 0.6) is 0 Å². The van der Waals surface area contributed by atoms with Crippen LogP contribution in [-0.4, -0.2) is 72.0 Å². The molecule has 24 heavy (non-hydrogen) atoms. The van der Waals surface area contributed by atoms with Crippen molar-refractivity contribution in [3.63, 3.8) is 0 Å². The predicted octanol–water partition coefficient (Wildman–Crippen LogP) is -3.14. The minimum Gasteiger partial charge on any atom is -0.394 e. The number of aliphatic hydroxyl groups is 4. The smallest absolute Gasteiger partial charge is 0.253 e. The fourth-order valence-corrected chi connectivity index (χ4v) is 2.74. The molecule has 11 heteroatoms. The molecule has 0 unspecified atom stereocenters. The van der Waals surface area contributed by atoms with E-state index in [-0.39, 0.29) is 10.5 Å². The Morgan fingerprint density at radius 3 is 2.21 bits per heavy atom. The van der Waals surface area contributed by atoms with Crippen LogP contribution in [0.4, 0.5) is 0 Å². The van der Waals surface area contributed by atoms with Crippen molar-refractivity contribution in [2.75, 3.05) is 6.61 Å². The monoisotopic (exact) mass is 362 g/mol. The highest BCUT2D eigenvalue weighted by Gasteiger charge is 2.44. The van der Waals surface area contributed by atoms with Crippen molar-refractivity contribution in [2.45, 2.75) is 35.5 Å². The topological polar surface area (TPSA) is 179 Å². The first-order valence-electron chi connectivity index (χ1n) is 6.89. The highest BCUT2D eigenvalue weighted by Crippen LogP contribution is 2.20. The molecule has 1 saturated heterocycles. The van der Waals surface area contributed by atoms with Gasteiger partial charge in [0.05, 0.1) is 11.5 Å². The third-order valence-electron chi connectivity index (χ3n) is 3.61. The van der Waals surface area contributed by atoms with Crippen molar-refractivity contribution < 1.29 is 38.4 Å². The number of carbonyl (C=O) groups excluding carboxylic acids is 1. The van der Waals surface area contributed by atoms with Crippen LogP contribution in [0.25, 0.3) is 0 Å². The summed E-state index contributed by atoms with van der Waals surface area (Å²) >= 11 is 0. The van der Waals surface area contributed by atoms with E-state index in [0.717, 1.165) is 12.1 Å². The van der Waals surface area contributed by atoms with Gasteiger partial charge in [0.25, 0.3) is 5.91 Å². The number of carbonyl (C=O) groups is 1. The molecule has 10 nitrogen and oxygen atoms in total. The zero-order chi connectivity index (χ0) is 18.1. The van der Waals surface area contributed by atoms with Crippen molar-refractivity contribution in [2.24, 2.45) is 5.14 Å². The number of hydrogen-bond donors (Lipinski definition) is 6. The van der Waals surface area contributed by atoms with E-state index in [1.165, 1.54) is 12.1 Å². The number of rotatable bonds is 4. The van der Waals surface area contributed by atoms with Crippen molar-refractivity contribution in [1.29, 1.82) is 0 Å². The van der Waals surface area contributed by atoms with E-state index in [2.05, 4.69) is 5.32 Å². The summed E-state index contributed by atoms with van der Waals surface area (Å²) in [6.07, 6.45) is -7.29. The van der Waals surface area contributed by atoms with Gasteiger partial charge in [-0.15, -0.1) is 0 Å². The Hall–Kier alpha value is -1.60. The number of hydrogen-bond acceptors (Lipinski definition) is 8. The van der Waals surface area contributed by atoms with Crippen LogP contribution in [0.2, 0.25) is 0 Å². The molecule has 7 N–H and O–H groups in total. The zero-order valence-electron chi connectivity index (χ0n) is 12.3.